The summed E-state index contributed by atoms with van der Waals surface area (Å²) < 4.78 is 17.1. The fourth-order valence-electron chi connectivity index (χ4n) is 6.48. The van der Waals surface area contributed by atoms with Crippen molar-refractivity contribution in [2.45, 2.75) is 180 Å². The predicted octanol–water partition coefficient (Wildman–Crippen LogP) is 13.2. The fourth-order valence-corrected chi connectivity index (χ4v) is 6.48. The number of hydrogen-bond acceptors (Lipinski definition) is 7. The SMILES string of the molecule is CC/C=C/C/C=C/C/C=C/C/C=C/C/C=C/C/C=C/CCCC(=O)OCC(COCCC(C(=O)[O-])[N+](C)(C)C)OC(=O)CCCCCCC/C=C/C/C=C/C/C=C/C/C=C/CCCCC. The average molecular weight is 902 g/mol. The molecule has 0 aromatic carbocycles. The summed E-state index contributed by atoms with van der Waals surface area (Å²) in [6.07, 6.45) is 65.2. The lowest BCUT2D eigenvalue weighted by atomic mass is 10.1. The molecule has 0 amide bonds. The quantitative estimate of drug-likeness (QED) is 0.0260. The molecule has 0 aromatic rings. The number of carboxylic acid groups (broad SMARTS) is 1. The first-order valence-electron chi connectivity index (χ1n) is 25.1. The third-order valence-corrected chi connectivity index (χ3v) is 10.3. The Labute approximate surface area is 397 Å². The molecule has 2 unspecified atom stereocenters. The lowest BCUT2D eigenvalue weighted by Crippen LogP contribution is -2.55. The standard InChI is InChI=1S/C57H91NO7/c1-6-8-10-12-14-16-18-20-22-24-26-28-30-32-34-36-38-40-42-44-46-48-56(60)65-53(51-63-50-49-54(57(61)62)58(3,4)5)52-64-55(59)47-45-43-41-39-37-35-33-31-29-27-25-23-21-19-17-15-13-11-9-7-2/h9,11,14-17,20-23,26-29,32-35,39,41,53-54H,6-8,10,12-13,18-19,24-25,30-31,36-38,40,42-52H2,1-5H3/b11-9+,16-14+,17-15+,22-20+,23-21+,28-26+,29-27+,34-32+,35-33+,41-39+. The maximum atomic E-state index is 12.8. The molecule has 0 spiro atoms. The molecule has 0 aliphatic heterocycles. The van der Waals surface area contributed by atoms with Gasteiger partial charge in [0.1, 0.15) is 12.6 Å². The Morgan fingerprint density at radius 3 is 1.32 bits per heavy atom. The number of allylic oxidation sites excluding steroid dienone is 20. The zero-order valence-corrected chi connectivity index (χ0v) is 41.6. The fraction of sp³-hybridized carbons (Fsp3) is 0.596. The van der Waals surface area contributed by atoms with Crippen LogP contribution in [0.1, 0.15) is 168 Å². The number of ether oxygens (including phenoxy) is 3. The molecule has 8 nitrogen and oxygen atoms in total. The van der Waals surface area contributed by atoms with Gasteiger partial charge in [-0.15, -0.1) is 0 Å². The summed E-state index contributed by atoms with van der Waals surface area (Å²) in [5.41, 5.74) is 0. The van der Waals surface area contributed by atoms with Crippen LogP contribution in [0.5, 0.6) is 0 Å². The molecule has 0 saturated carbocycles. The third-order valence-electron chi connectivity index (χ3n) is 10.3. The van der Waals surface area contributed by atoms with Crippen LogP contribution in [-0.2, 0) is 28.6 Å². The van der Waals surface area contributed by atoms with Crippen LogP contribution in [0, 0.1) is 0 Å². The van der Waals surface area contributed by atoms with Crippen LogP contribution < -0.4 is 5.11 Å². The number of esters is 2. The number of carbonyl (C=O) groups excluding carboxylic acids is 3. The Hall–Kier alpha value is -4.27. The molecule has 0 N–H and O–H groups in total. The molecule has 0 radical (unpaired) electrons. The second kappa shape index (κ2) is 46.3. The topological polar surface area (TPSA) is 102 Å². The first kappa shape index (κ1) is 60.7. The predicted molar refractivity (Wildman–Crippen MR) is 272 cm³/mol. The van der Waals surface area contributed by atoms with Crippen molar-refractivity contribution < 1.29 is 38.2 Å². The molecule has 0 aliphatic rings. The van der Waals surface area contributed by atoms with E-state index in [9.17, 15) is 19.5 Å². The van der Waals surface area contributed by atoms with Gasteiger partial charge < -0.3 is 28.6 Å². The lowest BCUT2D eigenvalue weighted by Gasteiger charge is -2.34. The molecule has 366 valence electrons. The van der Waals surface area contributed by atoms with E-state index in [2.05, 4.69) is 135 Å². The summed E-state index contributed by atoms with van der Waals surface area (Å²) in [5.74, 6) is -1.85. The van der Waals surface area contributed by atoms with Crippen LogP contribution >= 0.6 is 0 Å². The summed E-state index contributed by atoms with van der Waals surface area (Å²) in [6, 6.07) is -0.747. The number of quaternary nitrogens is 1. The van der Waals surface area contributed by atoms with Crippen molar-refractivity contribution in [2.75, 3.05) is 41.0 Å². The van der Waals surface area contributed by atoms with E-state index in [4.69, 9.17) is 14.2 Å². The molecular formula is C57H91NO7. The van der Waals surface area contributed by atoms with E-state index in [-0.39, 0.29) is 55.5 Å². The first-order chi connectivity index (χ1) is 31.6. The largest absolute Gasteiger partial charge is 0.544 e. The van der Waals surface area contributed by atoms with E-state index in [1.165, 1.54) is 25.7 Å². The van der Waals surface area contributed by atoms with Gasteiger partial charge in [-0.2, -0.15) is 0 Å². The van der Waals surface area contributed by atoms with Crippen LogP contribution in [0.2, 0.25) is 0 Å². The molecule has 2 atom stereocenters. The second-order valence-corrected chi connectivity index (χ2v) is 17.3. The number of carbonyl (C=O) groups is 3. The number of rotatable bonds is 43. The minimum Gasteiger partial charge on any atom is -0.544 e. The summed E-state index contributed by atoms with van der Waals surface area (Å²) in [4.78, 5) is 37.0. The van der Waals surface area contributed by atoms with Crippen molar-refractivity contribution in [3.05, 3.63) is 122 Å². The highest BCUT2D eigenvalue weighted by molar-refractivity contribution is 5.70. The van der Waals surface area contributed by atoms with Crippen molar-refractivity contribution in [3.63, 3.8) is 0 Å². The number of carboxylic acids is 1. The molecule has 8 heteroatoms. The van der Waals surface area contributed by atoms with Gasteiger partial charge in [0, 0.05) is 19.3 Å². The highest BCUT2D eigenvalue weighted by Crippen LogP contribution is 2.12. The normalized spacial score (nSPS) is 13.9. The van der Waals surface area contributed by atoms with Gasteiger partial charge in [-0.1, -0.05) is 167 Å². The van der Waals surface area contributed by atoms with Gasteiger partial charge in [0.15, 0.2) is 6.10 Å². The molecule has 65 heavy (non-hydrogen) atoms. The number of hydrogen-bond donors (Lipinski definition) is 0. The number of nitrogens with zero attached hydrogens (tertiary/aromatic N) is 1. The van der Waals surface area contributed by atoms with Crippen LogP contribution in [0.4, 0.5) is 0 Å². The van der Waals surface area contributed by atoms with Crippen LogP contribution in [0.15, 0.2) is 122 Å². The Kier molecular flexibility index (Phi) is 43.2. The molecule has 0 aromatic heterocycles. The summed E-state index contributed by atoms with van der Waals surface area (Å²) >= 11 is 0. The minimum absolute atomic E-state index is 0.00590. The Bertz CT molecular complexity index is 1470. The van der Waals surface area contributed by atoms with Crippen LogP contribution in [-0.4, -0.2) is 75.5 Å². The average Bonchev–Trinajstić information content (AvgIpc) is 3.27. The maximum Gasteiger partial charge on any atom is 0.306 e. The Balaban J connectivity index is 4.44. The summed E-state index contributed by atoms with van der Waals surface area (Å²) in [6.45, 7) is 4.42. The maximum absolute atomic E-state index is 12.8. The third kappa shape index (κ3) is 44.7. The minimum atomic E-state index is -1.14. The highest BCUT2D eigenvalue weighted by Gasteiger charge is 2.25. The van der Waals surface area contributed by atoms with Gasteiger partial charge in [-0.25, -0.2) is 0 Å². The zero-order chi connectivity index (χ0) is 47.7. The highest BCUT2D eigenvalue weighted by atomic mass is 16.6. The van der Waals surface area contributed by atoms with Gasteiger partial charge in [0.2, 0.25) is 0 Å². The van der Waals surface area contributed by atoms with Gasteiger partial charge in [-0.3, -0.25) is 9.59 Å². The number of aliphatic carboxylic acids is 1. The molecule has 0 fully saturated rings. The number of unbranched alkanes of at least 4 members (excludes halogenated alkanes) is 9. The monoisotopic (exact) mass is 902 g/mol. The second-order valence-electron chi connectivity index (χ2n) is 17.3. The summed E-state index contributed by atoms with van der Waals surface area (Å²) in [5, 5.41) is 11.7. The van der Waals surface area contributed by atoms with Crippen LogP contribution in [0.3, 0.4) is 0 Å². The smallest absolute Gasteiger partial charge is 0.306 e. The van der Waals surface area contributed by atoms with Gasteiger partial charge in [0.05, 0.1) is 40.3 Å². The van der Waals surface area contributed by atoms with Gasteiger partial charge in [-0.05, 0) is 103 Å². The van der Waals surface area contributed by atoms with E-state index >= 15 is 0 Å². The molecule has 0 saturated heterocycles. The van der Waals surface area contributed by atoms with E-state index in [1.807, 2.05) is 0 Å². The van der Waals surface area contributed by atoms with Crippen LogP contribution in [0.25, 0.3) is 0 Å². The van der Waals surface area contributed by atoms with Crippen molar-refractivity contribution in [1.82, 2.24) is 0 Å². The van der Waals surface area contributed by atoms with E-state index in [0.717, 1.165) is 103 Å². The van der Waals surface area contributed by atoms with Gasteiger partial charge >= 0.3 is 11.9 Å². The lowest BCUT2D eigenvalue weighted by molar-refractivity contribution is -0.889. The Morgan fingerprint density at radius 2 is 0.877 bits per heavy atom. The molecule has 0 bridgehead atoms. The van der Waals surface area contributed by atoms with Crippen molar-refractivity contribution in [3.8, 4) is 0 Å². The molecule has 0 aliphatic carbocycles. The van der Waals surface area contributed by atoms with Crippen molar-refractivity contribution in [2.24, 2.45) is 0 Å². The first-order valence-corrected chi connectivity index (χ1v) is 25.1. The Morgan fingerprint density at radius 1 is 0.477 bits per heavy atom. The van der Waals surface area contributed by atoms with E-state index in [0.29, 0.717) is 6.42 Å². The molecule has 0 rings (SSSR count). The molecule has 0 heterocycles. The summed E-state index contributed by atoms with van der Waals surface area (Å²) in [7, 11) is 5.37. The molecular weight excluding hydrogens is 811 g/mol. The number of likely N-dealkylation sites (N-methyl/N-ethyl adjacent to an activating group) is 1. The van der Waals surface area contributed by atoms with Crippen molar-refractivity contribution in [1.29, 1.82) is 0 Å². The van der Waals surface area contributed by atoms with E-state index < -0.39 is 18.1 Å². The van der Waals surface area contributed by atoms with Gasteiger partial charge in [0.25, 0.3) is 0 Å². The van der Waals surface area contributed by atoms with E-state index in [1.54, 1.807) is 21.1 Å². The zero-order valence-electron chi connectivity index (χ0n) is 41.6. The van der Waals surface area contributed by atoms with Crippen molar-refractivity contribution >= 4 is 17.9 Å².